The number of halogens is 1. The van der Waals surface area contributed by atoms with Gasteiger partial charge in [0.05, 0.1) is 12.1 Å². The van der Waals surface area contributed by atoms with Crippen molar-refractivity contribution >= 4 is 34.8 Å². The number of benzene rings is 2. The lowest BCUT2D eigenvalue weighted by atomic mass is 10.0. The van der Waals surface area contributed by atoms with E-state index in [4.69, 9.17) is 11.6 Å². The second-order valence-electron chi connectivity index (χ2n) is 5.58. The predicted molar refractivity (Wildman–Crippen MR) is 85.6 cm³/mol. The smallest absolute Gasteiger partial charge is 0.255 e. The van der Waals surface area contributed by atoms with Crippen molar-refractivity contribution in [3.05, 3.63) is 58.1 Å². The molecule has 2 aromatic carbocycles. The molecule has 2 aliphatic rings. The quantitative estimate of drug-likeness (QED) is 0.926. The van der Waals surface area contributed by atoms with Crippen LogP contribution in [0.3, 0.4) is 0 Å². The van der Waals surface area contributed by atoms with E-state index in [-0.39, 0.29) is 11.8 Å². The number of nitrogens with one attached hydrogen (secondary N) is 1. The first-order valence-corrected chi connectivity index (χ1v) is 7.53. The maximum absolute atomic E-state index is 12.4. The van der Waals surface area contributed by atoms with Crippen molar-refractivity contribution in [3.8, 4) is 0 Å². The van der Waals surface area contributed by atoms with Gasteiger partial charge in [-0.15, -0.1) is 0 Å². The molecule has 0 spiro atoms. The van der Waals surface area contributed by atoms with Crippen LogP contribution in [0.5, 0.6) is 0 Å². The van der Waals surface area contributed by atoms with E-state index in [1.165, 1.54) is 0 Å². The summed E-state index contributed by atoms with van der Waals surface area (Å²) in [6.45, 7) is 0.723. The lowest BCUT2D eigenvalue weighted by Crippen LogP contribution is -2.24. The Hall–Kier alpha value is -2.33. The molecule has 1 N–H and O–H groups in total. The first-order valence-electron chi connectivity index (χ1n) is 7.15. The molecule has 5 heteroatoms. The van der Waals surface area contributed by atoms with E-state index in [2.05, 4.69) is 5.32 Å². The van der Waals surface area contributed by atoms with Gasteiger partial charge in [-0.3, -0.25) is 9.59 Å². The highest BCUT2D eigenvalue weighted by Gasteiger charge is 2.34. The van der Waals surface area contributed by atoms with Crippen LogP contribution in [0, 0.1) is 0 Å². The predicted octanol–water partition coefficient (Wildman–Crippen LogP) is 3.04. The molecule has 0 unspecified atom stereocenters. The number of carbonyl (C=O) groups is 2. The Labute approximate surface area is 132 Å². The van der Waals surface area contributed by atoms with E-state index in [9.17, 15) is 9.59 Å². The molecule has 2 aromatic rings. The average Bonchev–Trinajstić information content (AvgIpc) is 3.04. The van der Waals surface area contributed by atoms with Crippen LogP contribution in [0.4, 0.5) is 11.4 Å². The van der Waals surface area contributed by atoms with Crippen LogP contribution >= 0.6 is 11.6 Å². The van der Waals surface area contributed by atoms with Crippen LogP contribution in [0.15, 0.2) is 36.4 Å². The van der Waals surface area contributed by atoms with Gasteiger partial charge in [0.1, 0.15) is 0 Å². The number of nitrogens with zero attached hydrogens (tertiary/aromatic N) is 1. The fraction of sp³-hybridized carbons (Fsp3) is 0.176. The van der Waals surface area contributed by atoms with Crippen LogP contribution in [0.25, 0.3) is 0 Å². The SMILES string of the molecule is O=C(Nc1cccc(Cl)c1)c1cc2c3c(c1)CC(=O)N3CC2. The minimum absolute atomic E-state index is 0.126. The maximum atomic E-state index is 12.4. The monoisotopic (exact) mass is 312 g/mol. The summed E-state index contributed by atoms with van der Waals surface area (Å²) in [4.78, 5) is 26.2. The zero-order valence-electron chi connectivity index (χ0n) is 11.7. The molecule has 22 heavy (non-hydrogen) atoms. The van der Waals surface area contributed by atoms with E-state index in [0.29, 0.717) is 22.7 Å². The van der Waals surface area contributed by atoms with Crippen molar-refractivity contribution in [1.82, 2.24) is 0 Å². The van der Waals surface area contributed by atoms with Gasteiger partial charge in [0, 0.05) is 22.8 Å². The Morgan fingerprint density at radius 2 is 2.00 bits per heavy atom. The Balaban J connectivity index is 1.66. The van der Waals surface area contributed by atoms with Crippen molar-refractivity contribution in [1.29, 1.82) is 0 Å². The van der Waals surface area contributed by atoms with E-state index in [1.54, 1.807) is 24.3 Å². The maximum Gasteiger partial charge on any atom is 0.255 e. The molecule has 0 saturated heterocycles. The summed E-state index contributed by atoms with van der Waals surface area (Å²) in [6, 6.07) is 10.8. The van der Waals surface area contributed by atoms with Crippen LogP contribution in [0.2, 0.25) is 5.02 Å². The minimum Gasteiger partial charge on any atom is -0.322 e. The largest absolute Gasteiger partial charge is 0.322 e. The van der Waals surface area contributed by atoms with Gasteiger partial charge in [0.2, 0.25) is 5.91 Å². The zero-order chi connectivity index (χ0) is 15.3. The van der Waals surface area contributed by atoms with E-state index >= 15 is 0 Å². The van der Waals surface area contributed by atoms with Crippen molar-refractivity contribution in [2.75, 3.05) is 16.8 Å². The molecule has 2 heterocycles. The van der Waals surface area contributed by atoms with Gasteiger partial charge in [0.15, 0.2) is 0 Å². The molecule has 4 rings (SSSR count). The van der Waals surface area contributed by atoms with Crippen LogP contribution in [0.1, 0.15) is 21.5 Å². The Morgan fingerprint density at radius 1 is 1.18 bits per heavy atom. The van der Waals surface area contributed by atoms with Crippen LogP contribution in [-0.4, -0.2) is 18.4 Å². The summed E-state index contributed by atoms with van der Waals surface area (Å²) in [5.74, 6) is -0.0553. The summed E-state index contributed by atoms with van der Waals surface area (Å²) < 4.78 is 0. The second-order valence-corrected chi connectivity index (χ2v) is 6.02. The first-order chi connectivity index (χ1) is 10.6. The van der Waals surface area contributed by atoms with E-state index < -0.39 is 0 Å². The fourth-order valence-electron chi connectivity index (χ4n) is 3.18. The lowest BCUT2D eigenvalue weighted by molar-refractivity contribution is -0.117. The third-order valence-electron chi connectivity index (χ3n) is 4.13. The summed E-state index contributed by atoms with van der Waals surface area (Å²) in [6.07, 6.45) is 1.20. The number of rotatable bonds is 2. The summed E-state index contributed by atoms with van der Waals surface area (Å²) >= 11 is 5.93. The van der Waals surface area contributed by atoms with Crippen molar-refractivity contribution in [3.63, 3.8) is 0 Å². The van der Waals surface area contributed by atoms with Gasteiger partial charge in [0.25, 0.3) is 5.91 Å². The first kappa shape index (κ1) is 13.3. The molecule has 2 aliphatic heterocycles. The molecule has 0 aliphatic carbocycles. The van der Waals surface area contributed by atoms with Crippen molar-refractivity contribution in [2.24, 2.45) is 0 Å². The van der Waals surface area contributed by atoms with Crippen LogP contribution in [-0.2, 0) is 17.6 Å². The lowest BCUT2D eigenvalue weighted by Gasteiger charge is -2.10. The third kappa shape index (κ3) is 2.07. The molecule has 4 nitrogen and oxygen atoms in total. The summed E-state index contributed by atoms with van der Waals surface area (Å²) in [5.41, 5.74) is 4.30. The number of hydrogen-bond donors (Lipinski definition) is 1. The van der Waals surface area contributed by atoms with Crippen LogP contribution < -0.4 is 10.2 Å². The molecule has 0 radical (unpaired) electrons. The standard InChI is InChI=1S/C17H13ClN2O2/c18-13-2-1-3-14(9-13)19-17(22)12-6-10-4-5-20-15(21)8-11(7-12)16(10)20/h1-3,6-7,9H,4-5,8H2,(H,19,22). The minimum atomic E-state index is -0.181. The Bertz CT molecular complexity index is 816. The Kier molecular flexibility index (Phi) is 2.94. The molecule has 0 atom stereocenters. The van der Waals surface area contributed by atoms with Crippen molar-refractivity contribution < 1.29 is 9.59 Å². The average molecular weight is 313 g/mol. The highest BCUT2D eigenvalue weighted by atomic mass is 35.5. The third-order valence-corrected chi connectivity index (χ3v) is 4.36. The number of anilines is 2. The normalized spacial score (nSPS) is 15.1. The highest BCUT2D eigenvalue weighted by molar-refractivity contribution is 6.31. The number of hydrogen-bond acceptors (Lipinski definition) is 2. The molecule has 0 bridgehead atoms. The Morgan fingerprint density at radius 3 is 2.82 bits per heavy atom. The molecule has 110 valence electrons. The van der Waals surface area contributed by atoms with Crippen molar-refractivity contribution in [2.45, 2.75) is 12.8 Å². The fourth-order valence-corrected chi connectivity index (χ4v) is 3.37. The highest BCUT2D eigenvalue weighted by Crippen LogP contribution is 2.38. The molecule has 2 amide bonds. The van der Waals surface area contributed by atoms with E-state index in [0.717, 1.165) is 29.8 Å². The molecular formula is C17H13ClN2O2. The molecular weight excluding hydrogens is 300 g/mol. The molecule has 0 aromatic heterocycles. The van der Waals surface area contributed by atoms with Gasteiger partial charge >= 0.3 is 0 Å². The molecule has 0 fully saturated rings. The molecule has 0 saturated carbocycles. The van der Waals surface area contributed by atoms with E-state index in [1.807, 2.05) is 17.0 Å². The van der Waals surface area contributed by atoms with Gasteiger partial charge < -0.3 is 10.2 Å². The number of carbonyl (C=O) groups excluding carboxylic acids is 2. The topological polar surface area (TPSA) is 49.4 Å². The van der Waals surface area contributed by atoms with Gasteiger partial charge in [-0.2, -0.15) is 0 Å². The number of amides is 2. The second kappa shape index (κ2) is 4.85. The van der Waals surface area contributed by atoms with Gasteiger partial charge in [-0.1, -0.05) is 17.7 Å². The summed E-state index contributed by atoms with van der Waals surface area (Å²) in [7, 11) is 0. The summed E-state index contributed by atoms with van der Waals surface area (Å²) in [5, 5.41) is 3.42. The van der Waals surface area contributed by atoms with Gasteiger partial charge in [-0.05, 0) is 47.9 Å². The zero-order valence-corrected chi connectivity index (χ0v) is 12.5. The van der Waals surface area contributed by atoms with Gasteiger partial charge in [-0.25, -0.2) is 0 Å².